The molecule has 1 amide bonds. The molecular formula is C21H23N3O2S. The van der Waals surface area contributed by atoms with Crippen LogP contribution < -0.4 is 10.2 Å². The number of hydrogen-bond acceptors (Lipinski definition) is 5. The number of nitrogens with one attached hydrogen (secondary N) is 1. The van der Waals surface area contributed by atoms with Gasteiger partial charge in [-0.15, -0.1) is 0 Å². The third-order valence-corrected chi connectivity index (χ3v) is 6.12. The van der Waals surface area contributed by atoms with Crippen molar-refractivity contribution in [3.63, 3.8) is 0 Å². The van der Waals surface area contributed by atoms with Crippen LogP contribution in [0.25, 0.3) is 0 Å². The Kier molecular flexibility index (Phi) is 5.45. The summed E-state index contributed by atoms with van der Waals surface area (Å²) in [6.07, 6.45) is 8.69. The van der Waals surface area contributed by atoms with E-state index in [0.29, 0.717) is 11.4 Å². The van der Waals surface area contributed by atoms with Crippen LogP contribution in [0.2, 0.25) is 0 Å². The van der Waals surface area contributed by atoms with Crippen molar-refractivity contribution in [2.24, 2.45) is 0 Å². The number of nitrogens with zero attached hydrogens (tertiary/aromatic N) is 2. The van der Waals surface area contributed by atoms with E-state index in [2.05, 4.69) is 21.3 Å². The van der Waals surface area contributed by atoms with Crippen molar-refractivity contribution in [1.29, 1.82) is 0 Å². The van der Waals surface area contributed by atoms with E-state index in [1.165, 1.54) is 11.8 Å². The van der Waals surface area contributed by atoms with Crippen LogP contribution in [0.15, 0.2) is 64.8 Å². The fourth-order valence-electron chi connectivity index (χ4n) is 3.58. The van der Waals surface area contributed by atoms with Gasteiger partial charge in [-0.3, -0.25) is 9.78 Å². The maximum atomic E-state index is 12.9. The first kappa shape index (κ1) is 18.1. The molecule has 2 aliphatic rings. The summed E-state index contributed by atoms with van der Waals surface area (Å²) in [7, 11) is 0. The fraction of sp³-hybridized carbons (Fsp3) is 0.333. The Morgan fingerprint density at radius 3 is 2.78 bits per heavy atom. The monoisotopic (exact) mass is 381 g/mol. The van der Waals surface area contributed by atoms with Crippen LogP contribution in [0.1, 0.15) is 31.2 Å². The van der Waals surface area contributed by atoms with Crippen molar-refractivity contribution in [3.05, 3.63) is 65.5 Å². The summed E-state index contributed by atoms with van der Waals surface area (Å²) in [5.74, 6) is -0.111. The minimum Gasteiger partial charge on any atom is -0.391 e. The molecule has 2 atom stereocenters. The number of aliphatic hydroxyl groups is 1. The smallest absolute Gasteiger partial charge is 0.259 e. The maximum Gasteiger partial charge on any atom is 0.259 e. The van der Waals surface area contributed by atoms with Gasteiger partial charge in [0, 0.05) is 30.0 Å². The number of rotatable bonds is 4. The number of hydrogen-bond donors (Lipinski definition) is 2. The second kappa shape index (κ2) is 8.15. The van der Waals surface area contributed by atoms with Crippen molar-refractivity contribution >= 4 is 23.4 Å². The Morgan fingerprint density at radius 1 is 1.19 bits per heavy atom. The molecule has 2 heterocycles. The highest BCUT2D eigenvalue weighted by molar-refractivity contribution is 8.04. The molecule has 0 unspecified atom stereocenters. The van der Waals surface area contributed by atoms with Crippen molar-refractivity contribution in [2.45, 2.75) is 49.3 Å². The molecule has 0 saturated heterocycles. The Hall–Kier alpha value is -2.31. The summed E-state index contributed by atoms with van der Waals surface area (Å²) in [6, 6.07) is 11.9. The molecule has 27 heavy (non-hydrogen) atoms. The molecule has 2 aromatic rings. The van der Waals surface area contributed by atoms with Gasteiger partial charge in [-0.25, -0.2) is 0 Å². The molecule has 1 aromatic heterocycles. The lowest BCUT2D eigenvalue weighted by atomic mass is 9.92. The first-order valence-electron chi connectivity index (χ1n) is 9.34. The number of aliphatic hydroxyl groups excluding tert-OH is 1. The van der Waals surface area contributed by atoms with E-state index in [0.717, 1.165) is 41.8 Å². The largest absolute Gasteiger partial charge is 0.391 e. The highest BCUT2D eigenvalue weighted by Crippen LogP contribution is 2.40. The van der Waals surface area contributed by atoms with E-state index in [9.17, 15) is 9.90 Å². The second-order valence-corrected chi connectivity index (χ2v) is 8.06. The van der Waals surface area contributed by atoms with Crippen LogP contribution >= 0.6 is 11.8 Å². The molecule has 1 fully saturated rings. The lowest BCUT2D eigenvalue weighted by Gasteiger charge is -2.31. The molecule has 1 aliphatic carbocycles. The predicted molar refractivity (Wildman–Crippen MR) is 107 cm³/mol. The van der Waals surface area contributed by atoms with Crippen molar-refractivity contribution in [3.8, 4) is 0 Å². The zero-order valence-electron chi connectivity index (χ0n) is 15.0. The lowest BCUT2D eigenvalue weighted by Crippen LogP contribution is -2.45. The van der Waals surface area contributed by atoms with Gasteiger partial charge >= 0.3 is 0 Å². The first-order chi connectivity index (χ1) is 13.2. The van der Waals surface area contributed by atoms with Crippen molar-refractivity contribution < 1.29 is 9.90 Å². The number of carbonyl (C=O) groups excluding carboxylic acids is 1. The standard InChI is InChI=1S/C21H23N3O2S/c25-18-7-3-1-5-16(18)23-21(26)20-14-24(13-15-9-11-22-12-10-15)17-6-2-4-8-19(17)27-20/h2,4,6,8-12,14,16,18,25H,1,3,5,7,13H2,(H,23,26)/t16-,18-/m0/s1. The van der Waals surface area contributed by atoms with E-state index in [1.54, 1.807) is 12.4 Å². The van der Waals surface area contributed by atoms with Crippen LogP contribution in [0.4, 0.5) is 5.69 Å². The van der Waals surface area contributed by atoms with Crippen LogP contribution in [-0.2, 0) is 11.3 Å². The molecule has 6 heteroatoms. The van der Waals surface area contributed by atoms with E-state index < -0.39 is 6.10 Å². The molecule has 0 radical (unpaired) electrons. The van der Waals surface area contributed by atoms with Crippen molar-refractivity contribution in [2.75, 3.05) is 4.90 Å². The molecule has 1 saturated carbocycles. The average Bonchev–Trinajstić information content (AvgIpc) is 2.70. The van der Waals surface area contributed by atoms with E-state index in [1.807, 2.05) is 36.5 Å². The Balaban J connectivity index is 1.56. The number of benzene rings is 1. The zero-order chi connectivity index (χ0) is 18.6. The number of anilines is 1. The lowest BCUT2D eigenvalue weighted by molar-refractivity contribution is -0.118. The van der Waals surface area contributed by atoms with Gasteiger partial charge in [-0.2, -0.15) is 0 Å². The van der Waals surface area contributed by atoms with E-state index >= 15 is 0 Å². The number of amides is 1. The SMILES string of the molecule is O=C(N[C@H]1CCCC[C@@H]1O)C1=CN(Cc2ccncc2)c2ccccc2S1. The van der Waals surface area contributed by atoms with Crippen LogP contribution in [0, 0.1) is 0 Å². The second-order valence-electron chi connectivity index (χ2n) is 6.98. The number of aromatic nitrogens is 1. The molecule has 1 aliphatic heterocycles. The van der Waals surface area contributed by atoms with Crippen LogP contribution in [0.3, 0.4) is 0 Å². The van der Waals surface area contributed by atoms with Gasteiger partial charge in [-0.05, 0) is 42.7 Å². The Morgan fingerprint density at radius 2 is 1.96 bits per heavy atom. The molecule has 5 nitrogen and oxygen atoms in total. The summed E-state index contributed by atoms with van der Waals surface area (Å²) >= 11 is 1.48. The van der Waals surface area contributed by atoms with E-state index in [-0.39, 0.29) is 11.9 Å². The predicted octanol–water partition coefficient (Wildman–Crippen LogP) is 3.46. The summed E-state index contributed by atoms with van der Waals surface area (Å²) in [6.45, 7) is 0.670. The first-order valence-corrected chi connectivity index (χ1v) is 10.2. The highest BCUT2D eigenvalue weighted by Gasteiger charge is 2.28. The van der Waals surface area contributed by atoms with Gasteiger partial charge in [0.1, 0.15) is 0 Å². The summed E-state index contributed by atoms with van der Waals surface area (Å²) < 4.78 is 0. The third kappa shape index (κ3) is 4.17. The van der Waals surface area contributed by atoms with Crippen molar-refractivity contribution in [1.82, 2.24) is 10.3 Å². The normalized spacial score (nSPS) is 22.0. The molecule has 2 N–H and O–H groups in total. The number of fused-ring (bicyclic) bond motifs is 1. The summed E-state index contributed by atoms with van der Waals surface area (Å²) in [5, 5.41) is 13.2. The molecule has 0 spiro atoms. The minimum absolute atomic E-state index is 0.111. The maximum absolute atomic E-state index is 12.9. The van der Waals surface area contributed by atoms with Gasteiger partial charge in [-0.1, -0.05) is 36.7 Å². The van der Waals surface area contributed by atoms with Crippen LogP contribution in [0.5, 0.6) is 0 Å². The van der Waals surface area contributed by atoms with Gasteiger partial charge in [0.2, 0.25) is 0 Å². The van der Waals surface area contributed by atoms with Gasteiger partial charge in [0.15, 0.2) is 0 Å². The number of thioether (sulfide) groups is 1. The molecule has 4 rings (SSSR count). The fourth-order valence-corrected chi connectivity index (χ4v) is 4.58. The van der Waals surface area contributed by atoms with E-state index in [4.69, 9.17) is 0 Å². The Bertz CT molecular complexity index is 840. The molecular weight excluding hydrogens is 358 g/mol. The van der Waals surface area contributed by atoms with Gasteiger partial charge in [0.25, 0.3) is 5.91 Å². The third-order valence-electron chi connectivity index (χ3n) is 5.04. The quantitative estimate of drug-likeness (QED) is 0.849. The molecule has 1 aromatic carbocycles. The summed E-state index contributed by atoms with van der Waals surface area (Å²) in [4.78, 5) is 20.8. The van der Waals surface area contributed by atoms with Gasteiger partial charge in [0.05, 0.1) is 22.7 Å². The Labute approximate surface area is 163 Å². The molecule has 0 bridgehead atoms. The van der Waals surface area contributed by atoms with Gasteiger partial charge < -0.3 is 15.3 Å². The summed E-state index contributed by atoms with van der Waals surface area (Å²) in [5.41, 5.74) is 2.22. The zero-order valence-corrected chi connectivity index (χ0v) is 15.9. The minimum atomic E-state index is -0.447. The number of carbonyl (C=O) groups is 1. The average molecular weight is 382 g/mol. The number of pyridine rings is 1. The molecule has 140 valence electrons. The topological polar surface area (TPSA) is 65.5 Å². The van der Waals surface area contributed by atoms with Crippen LogP contribution in [-0.4, -0.2) is 28.1 Å². The number of para-hydroxylation sites is 1. The highest BCUT2D eigenvalue weighted by atomic mass is 32.2.